The third-order valence-electron chi connectivity index (χ3n) is 6.52. The van der Waals surface area contributed by atoms with Gasteiger partial charge in [-0.05, 0) is 57.7 Å². The smallest absolute Gasteiger partial charge is 0.326 e. The summed E-state index contributed by atoms with van der Waals surface area (Å²) in [4.78, 5) is 51.4. The minimum absolute atomic E-state index is 0.229. The summed E-state index contributed by atoms with van der Waals surface area (Å²) in [5.74, 6) is -2.71. The Kier molecular flexibility index (Phi) is 10.7. The van der Waals surface area contributed by atoms with Gasteiger partial charge >= 0.3 is 11.9 Å². The number of likely N-dealkylation sites (tertiary alicyclic amines) is 1. The molecule has 2 amide bonds. The van der Waals surface area contributed by atoms with Crippen molar-refractivity contribution in [2.24, 2.45) is 5.41 Å². The average molecular weight is 573 g/mol. The van der Waals surface area contributed by atoms with Crippen LogP contribution in [0.1, 0.15) is 49.5 Å². The Morgan fingerprint density at radius 2 is 1.68 bits per heavy atom. The molecule has 0 bridgehead atoms. The van der Waals surface area contributed by atoms with Gasteiger partial charge in [0.25, 0.3) is 5.91 Å². The molecular weight excluding hydrogens is 535 g/mol. The second kappa shape index (κ2) is 13.7. The quantitative estimate of drug-likeness (QED) is 0.222. The van der Waals surface area contributed by atoms with E-state index >= 15 is 0 Å². The summed E-state index contributed by atoms with van der Waals surface area (Å²) in [5, 5.41) is 12.4. The first kappa shape index (κ1) is 31.0. The van der Waals surface area contributed by atoms with Gasteiger partial charge < -0.3 is 20.1 Å². The number of carboxylic acid groups (broad SMARTS) is 1. The number of ether oxygens (including phenoxy) is 1. The number of carboxylic acids is 1. The number of nitrogens with one attached hydrogen (secondary N) is 1. The molecule has 2 aromatic carbocycles. The molecule has 216 valence electrons. The monoisotopic (exact) mass is 572 g/mol. The van der Waals surface area contributed by atoms with E-state index in [0.717, 1.165) is 5.56 Å². The summed E-state index contributed by atoms with van der Waals surface area (Å²) in [7, 11) is -3.91. The topological polar surface area (TPSA) is 139 Å². The third kappa shape index (κ3) is 9.03. The summed E-state index contributed by atoms with van der Waals surface area (Å²) >= 11 is 0. The van der Waals surface area contributed by atoms with Gasteiger partial charge in [0.15, 0.2) is 6.79 Å². The Bertz CT molecular complexity index is 1230. The highest BCUT2D eigenvalue weighted by Gasteiger charge is 2.39. The molecule has 11 heteroatoms. The summed E-state index contributed by atoms with van der Waals surface area (Å²) in [6.45, 7) is 4.56. The molecule has 3 rings (SSSR count). The molecule has 1 saturated heterocycles. The molecule has 0 saturated carbocycles. The molecule has 0 aliphatic carbocycles. The normalized spacial score (nSPS) is 17.5. The van der Waals surface area contributed by atoms with Crippen LogP contribution in [0.4, 0.5) is 0 Å². The second-order valence-electron chi connectivity index (χ2n) is 10.9. The molecule has 1 aliphatic rings. The zero-order chi connectivity index (χ0) is 29.3. The van der Waals surface area contributed by atoms with Gasteiger partial charge in [0.1, 0.15) is 12.2 Å². The maximum absolute atomic E-state index is 14.2. The van der Waals surface area contributed by atoms with E-state index in [1.807, 2.05) is 30.3 Å². The third-order valence-corrected chi connectivity index (χ3v) is 8.84. The van der Waals surface area contributed by atoms with Crippen LogP contribution in [0, 0.1) is 5.41 Å². The number of carbonyl (C=O) groups is 4. The molecule has 1 fully saturated rings. The standard InChI is InChI=1S/C29H37N2O8P/c1-29(2,3)28(36)38-20-39-40(37,19-25(32)31-16-10-15-24(31)27(34)35)18-23(17-21-11-6-4-7-12-21)30-26(33)22-13-8-5-9-14-22/h4-9,11-14,23-24H,10,15-20H2,1-3H3,(H,30,33)(H,34,35)/t23?,24-,40?/m0/s1. The van der Waals surface area contributed by atoms with Crippen molar-refractivity contribution in [2.75, 3.05) is 25.7 Å². The predicted octanol–water partition coefficient (Wildman–Crippen LogP) is 3.94. The van der Waals surface area contributed by atoms with Crippen LogP contribution in [-0.4, -0.2) is 71.5 Å². The van der Waals surface area contributed by atoms with E-state index in [1.54, 1.807) is 51.1 Å². The first-order valence-electron chi connectivity index (χ1n) is 13.2. The average Bonchev–Trinajstić information content (AvgIpc) is 3.40. The van der Waals surface area contributed by atoms with Crippen molar-refractivity contribution in [1.82, 2.24) is 10.2 Å². The number of esters is 1. The largest absolute Gasteiger partial charge is 0.480 e. The molecule has 3 atom stereocenters. The highest BCUT2D eigenvalue weighted by molar-refractivity contribution is 7.60. The van der Waals surface area contributed by atoms with E-state index in [-0.39, 0.29) is 18.6 Å². The minimum atomic E-state index is -3.91. The van der Waals surface area contributed by atoms with Crippen LogP contribution in [-0.2, 0) is 34.6 Å². The van der Waals surface area contributed by atoms with Gasteiger partial charge in [-0.25, -0.2) is 4.79 Å². The van der Waals surface area contributed by atoms with Crippen LogP contribution in [0.25, 0.3) is 0 Å². The lowest BCUT2D eigenvalue weighted by molar-refractivity contribution is -0.159. The van der Waals surface area contributed by atoms with E-state index in [4.69, 9.17) is 9.26 Å². The van der Waals surface area contributed by atoms with Crippen molar-refractivity contribution in [1.29, 1.82) is 0 Å². The Balaban J connectivity index is 1.85. The van der Waals surface area contributed by atoms with Gasteiger partial charge in [-0.1, -0.05) is 48.5 Å². The fourth-order valence-electron chi connectivity index (χ4n) is 4.43. The predicted molar refractivity (Wildman–Crippen MR) is 149 cm³/mol. The van der Waals surface area contributed by atoms with Gasteiger partial charge in [0, 0.05) is 24.3 Å². The Labute approximate surface area is 234 Å². The number of nitrogens with zero attached hydrogens (tertiary/aromatic N) is 1. The Hall–Kier alpha value is -3.49. The summed E-state index contributed by atoms with van der Waals surface area (Å²) < 4.78 is 25.1. The molecule has 0 spiro atoms. The Morgan fingerprint density at radius 3 is 2.27 bits per heavy atom. The van der Waals surface area contributed by atoms with Crippen LogP contribution in [0.15, 0.2) is 60.7 Å². The lowest BCUT2D eigenvalue weighted by Gasteiger charge is -2.28. The van der Waals surface area contributed by atoms with E-state index < -0.39 is 55.7 Å². The molecule has 0 aromatic heterocycles. The molecule has 1 heterocycles. The molecule has 2 unspecified atom stereocenters. The maximum Gasteiger partial charge on any atom is 0.326 e. The zero-order valence-corrected chi connectivity index (χ0v) is 24.0. The summed E-state index contributed by atoms with van der Waals surface area (Å²) in [5.41, 5.74) is 0.448. The number of amides is 2. The Morgan fingerprint density at radius 1 is 1.05 bits per heavy atom. The SMILES string of the molecule is CC(C)(C)C(=O)OCOP(=O)(CC(=O)N1CCC[C@H]1C(=O)O)CC(Cc1ccccc1)NC(=O)c1ccccc1. The van der Waals surface area contributed by atoms with Crippen molar-refractivity contribution in [3.63, 3.8) is 0 Å². The van der Waals surface area contributed by atoms with E-state index in [9.17, 15) is 28.8 Å². The van der Waals surface area contributed by atoms with Crippen molar-refractivity contribution in [3.05, 3.63) is 71.8 Å². The molecule has 2 N–H and O–H groups in total. The zero-order valence-electron chi connectivity index (χ0n) is 23.1. The summed E-state index contributed by atoms with van der Waals surface area (Å²) in [6.07, 6.45) is 0.297. The first-order chi connectivity index (χ1) is 18.9. The lowest BCUT2D eigenvalue weighted by atomic mass is 9.98. The number of hydrogen-bond acceptors (Lipinski definition) is 7. The number of rotatable bonds is 12. The van der Waals surface area contributed by atoms with E-state index in [2.05, 4.69) is 5.32 Å². The molecule has 1 aliphatic heterocycles. The molecule has 40 heavy (non-hydrogen) atoms. The molecular formula is C29H37N2O8P. The molecule has 10 nitrogen and oxygen atoms in total. The van der Waals surface area contributed by atoms with Gasteiger partial charge in [-0.2, -0.15) is 0 Å². The van der Waals surface area contributed by atoms with Crippen LogP contribution in [0.2, 0.25) is 0 Å². The highest BCUT2D eigenvalue weighted by Crippen LogP contribution is 2.48. The first-order valence-corrected chi connectivity index (χ1v) is 15.2. The fourth-order valence-corrected chi connectivity index (χ4v) is 6.48. The van der Waals surface area contributed by atoms with Gasteiger partial charge in [0.2, 0.25) is 13.3 Å². The van der Waals surface area contributed by atoms with Gasteiger partial charge in [0.05, 0.1) is 5.41 Å². The van der Waals surface area contributed by atoms with Crippen molar-refractivity contribution in [2.45, 2.75) is 52.1 Å². The number of hydrogen-bond donors (Lipinski definition) is 2. The minimum Gasteiger partial charge on any atom is -0.480 e. The summed E-state index contributed by atoms with van der Waals surface area (Å²) in [6, 6.07) is 16.1. The van der Waals surface area contributed by atoms with Crippen molar-refractivity contribution < 1.29 is 38.1 Å². The number of aliphatic carboxylic acids is 1. The van der Waals surface area contributed by atoms with Crippen LogP contribution >= 0.6 is 7.37 Å². The van der Waals surface area contributed by atoms with Gasteiger partial charge in [-0.15, -0.1) is 0 Å². The van der Waals surface area contributed by atoms with Gasteiger partial charge in [-0.3, -0.25) is 23.5 Å². The second-order valence-corrected chi connectivity index (χ2v) is 13.5. The van der Waals surface area contributed by atoms with Crippen molar-refractivity contribution in [3.8, 4) is 0 Å². The maximum atomic E-state index is 14.2. The lowest BCUT2D eigenvalue weighted by Crippen LogP contribution is -2.43. The highest BCUT2D eigenvalue weighted by atomic mass is 31.2. The number of carbonyl (C=O) groups excluding carboxylic acids is 3. The van der Waals surface area contributed by atoms with E-state index in [1.165, 1.54) is 4.90 Å². The van der Waals surface area contributed by atoms with Crippen molar-refractivity contribution >= 4 is 31.1 Å². The van der Waals surface area contributed by atoms with E-state index in [0.29, 0.717) is 24.8 Å². The van der Waals surface area contributed by atoms with Crippen LogP contribution in [0.3, 0.4) is 0 Å². The van der Waals surface area contributed by atoms with Crippen LogP contribution in [0.5, 0.6) is 0 Å². The molecule has 0 radical (unpaired) electrons. The van der Waals surface area contributed by atoms with Crippen LogP contribution < -0.4 is 5.32 Å². The fraction of sp³-hybridized carbons (Fsp3) is 0.448. The number of benzene rings is 2. The molecule has 2 aromatic rings.